The fourth-order valence-electron chi connectivity index (χ4n) is 5.54. The van der Waals surface area contributed by atoms with Crippen LogP contribution in [0.3, 0.4) is 0 Å². The predicted octanol–water partition coefficient (Wildman–Crippen LogP) is 4.49. The van der Waals surface area contributed by atoms with E-state index in [2.05, 4.69) is 9.88 Å². The second-order valence-electron chi connectivity index (χ2n) is 11.0. The molecule has 0 saturated carbocycles. The fourth-order valence-corrected chi connectivity index (χ4v) is 5.54. The standard InChI is InChI=1S/C36H33N5O4/c42-33(32-22-29(21-27-7-3-1-4-8-27)25-41(35(32)44)24-28-9-5-2-6-10-28)23-34(43)36(45)39-19-17-38(18-20-39)30-11-13-31(14-12-30)40-16-15-37-26-40/h1-16,22-23,25-26,42H,17-21,24H2. The highest BCUT2D eigenvalue weighted by Gasteiger charge is 2.26. The molecule has 9 heteroatoms. The first-order valence-corrected chi connectivity index (χ1v) is 14.8. The lowest BCUT2D eigenvalue weighted by Gasteiger charge is -2.35. The quantitative estimate of drug-likeness (QED) is 0.152. The van der Waals surface area contributed by atoms with Crippen molar-refractivity contribution in [1.82, 2.24) is 19.0 Å². The first-order valence-electron chi connectivity index (χ1n) is 14.8. The average molecular weight is 600 g/mol. The number of carbonyl (C=O) groups excluding carboxylic acids is 2. The Morgan fingerprint density at radius 2 is 1.44 bits per heavy atom. The second-order valence-corrected chi connectivity index (χ2v) is 11.0. The summed E-state index contributed by atoms with van der Waals surface area (Å²) in [4.78, 5) is 47.3. The average Bonchev–Trinajstić information content (AvgIpc) is 3.62. The third-order valence-electron chi connectivity index (χ3n) is 7.93. The summed E-state index contributed by atoms with van der Waals surface area (Å²) < 4.78 is 3.45. The first kappa shape index (κ1) is 29.4. The molecule has 0 spiro atoms. The maximum atomic E-state index is 13.5. The van der Waals surface area contributed by atoms with Crippen molar-refractivity contribution in [3.8, 4) is 5.69 Å². The summed E-state index contributed by atoms with van der Waals surface area (Å²) in [6, 6.07) is 29.0. The van der Waals surface area contributed by atoms with Gasteiger partial charge in [0.15, 0.2) is 0 Å². The maximum absolute atomic E-state index is 13.5. The van der Waals surface area contributed by atoms with Crippen LogP contribution >= 0.6 is 0 Å². The molecule has 2 aromatic heterocycles. The molecular formula is C36H33N5O4. The molecule has 0 aliphatic carbocycles. The number of amides is 1. The van der Waals surface area contributed by atoms with E-state index in [4.69, 9.17) is 0 Å². The van der Waals surface area contributed by atoms with Gasteiger partial charge in [0.05, 0.1) is 18.4 Å². The Bertz CT molecular complexity index is 1860. The third-order valence-corrected chi connectivity index (χ3v) is 7.93. The van der Waals surface area contributed by atoms with E-state index in [1.807, 2.05) is 95.7 Å². The molecule has 1 amide bonds. The second kappa shape index (κ2) is 13.3. The molecule has 0 bridgehead atoms. The molecule has 6 rings (SSSR count). The number of hydrogen-bond donors (Lipinski definition) is 1. The van der Waals surface area contributed by atoms with Crippen LogP contribution in [0.25, 0.3) is 11.4 Å². The van der Waals surface area contributed by atoms with Gasteiger partial charge in [0.2, 0.25) is 5.78 Å². The van der Waals surface area contributed by atoms with Gasteiger partial charge < -0.3 is 24.0 Å². The number of benzene rings is 3. The summed E-state index contributed by atoms with van der Waals surface area (Å²) in [6.45, 7) is 2.14. The van der Waals surface area contributed by atoms with Crippen LogP contribution in [0.1, 0.15) is 22.3 Å². The maximum Gasteiger partial charge on any atom is 0.294 e. The number of aliphatic hydroxyl groups excluding tert-OH is 1. The molecule has 45 heavy (non-hydrogen) atoms. The Morgan fingerprint density at radius 3 is 2.09 bits per heavy atom. The van der Waals surface area contributed by atoms with Crippen molar-refractivity contribution in [2.75, 3.05) is 31.1 Å². The van der Waals surface area contributed by atoms with Crippen LogP contribution in [0, 0.1) is 0 Å². The van der Waals surface area contributed by atoms with E-state index in [0.29, 0.717) is 39.1 Å². The summed E-state index contributed by atoms with van der Waals surface area (Å²) >= 11 is 0. The molecule has 1 N–H and O–H groups in total. The number of aliphatic hydroxyl groups is 1. The zero-order valence-corrected chi connectivity index (χ0v) is 24.7. The van der Waals surface area contributed by atoms with Crippen molar-refractivity contribution in [1.29, 1.82) is 0 Å². The van der Waals surface area contributed by atoms with E-state index in [-0.39, 0.29) is 5.56 Å². The molecular weight excluding hydrogens is 566 g/mol. The van der Waals surface area contributed by atoms with Crippen LogP contribution in [-0.4, -0.2) is 62.0 Å². The molecule has 3 heterocycles. The van der Waals surface area contributed by atoms with E-state index in [1.54, 1.807) is 24.8 Å². The Balaban J connectivity index is 1.16. The van der Waals surface area contributed by atoms with Gasteiger partial charge in [-0.25, -0.2) is 4.98 Å². The van der Waals surface area contributed by atoms with Gasteiger partial charge in [-0.05, 0) is 53.4 Å². The monoisotopic (exact) mass is 599 g/mol. The number of pyridine rings is 1. The summed E-state index contributed by atoms with van der Waals surface area (Å²) in [6.07, 6.45) is 8.52. The normalized spacial score (nSPS) is 13.6. The minimum atomic E-state index is -0.867. The number of imidazole rings is 1. The zero-order valence-electron chi connectivity index (χ0n) is 24.7. The van der Waals surface area contributed by atoms with Crippen LogP contribution in [0.2, 0.25) is 0 Å². The minimum absolute atomic E-state index is 0.0236. The van der Waals surface area contributed by atoms with Gasteiger partial charge in [0.25, 0.3) is 11.5 Å². The summed E-state index contributed by atoms with van der Waals surface area (Å²) in [7, 11) is 0. The lowest BCUT2D eigenvalue weighted by atomic mass is 10.0. The molecule has 5 aromatic rings. The topological polar surface area (TPSA) is 101 Å². The van der Waals surface area contributed by atoms with Crippen LogP contribution < -0.4 is 10.5 Å². The van der Waals surface area contributed by atoms with Crippen molar-refractivity contribution in [3.05, 3.63) is 155 Å². The molecule has 3 aromatic carbocycles. The lowest BCUT2D eigenvalue weighted by Crippen LogP contribution is -2.50. The summed E-state index contributed by atoms with van der Waals surface area (Å²) in [5.41, 5.74) is 4.31. The SMILES string of the molecule is O=C(C=C(O)c1cc(Cc2ccccc2)cn(Cc2ccccc2)c1=O)C(=O)N1CCN(c2ccc(-n3ccnc3)cc2)CC1. The molecule has 0 atom stereocenters. The molecule has 1 aliphatic heterocycles. The molecule has 0 radical (unpaired) electrons. The minimum Gasteiger partial charge on any atom is -0.507 e. The van der Waals surface area contributed by atoms with Crippen molar-refractivity contribution < 1.29 is 14.7 Å². The number of nitrogens with zero attached hydrogens (tertiary/aromatic N) is 5. The highest BCUT2D eigenvalue weighted by atomic mass is 16.3. The lowest BCUT2D eigenvalue weighted by molar-refractivity contribution is -0.142. The van der Waals surface area contributed by atoms with Crippen molar-refractivity contribution in [2.45, 2.75) is 13.0 Å². The zero-order chi connectivity index (χ0) is 31.2. The predicted molar refractivity (Wildman–Crippen MR) is 173 cm³/mol. The summed E-state index contributed by atoms with van der Waals surface area (Å²) in [5, 5.41) is 11.0. The largest absolute Gasteiger partial charge is 0.507 e. The van der Waals surface area contributed by atoms with Crippen LogP contribution in [0.4, 0.5) is 5.69 Å². The molecule has 1 saturated heterocycles. The number of anilines is 1. The van der Waals surface area contributed by atoms with Gasteiger partial charge in [0.1, 0.15) is 5.76 Å². The van der Waals surface area contributed by atoms with E-state index in [9.17, 15) is 19.5 Å². The van der Waals surface area contributed by atoms with Gasteiger partial charge in [0, 0.05) is 62.2 Å². The van der Waals surface area contributed by atoms with Gasteiger partial charge in [-0.1, -0.05) is 60.7 Å². The van der Waals surface area contributed by atoms with Crippen molar-refractivity contribution >= 4 is 23.1 Å². The third kappa shape index (κ3) is 6.94. The van der Waals surface area contributed by atoms with Gasteiger partial charge in [-0.3, -0.25) is 14.4 Å². The van der Waals surface area contributed by atoms with Crippen LogP contribution in [-0.2, 0) is 22.6 Å². The fraction of sp³-hybridized carbons (Fsp3) is 0.167. The van der Waals surface area contributed by atoms with Crippen molar-refractivity contribution in [3.63, 3.8) is 0 Å². The molecule has 9 nitrogen and oxygen atoms in total. The Labute approximate surface area is 260 Å². The van der Waals surface area contributed by atoms with E-state index >= 15 is 0 Å². The van der Waals surface area contributed by atoms with Crippen LogP contribution in [0.5, 0.6) is 0 Å². The molecule has 1 fully saturated rings. The van der Waals surface area contributed by atoms with E-state index in [0.717, 1.165) is 34.1 Å². The molecule has 226 valence electrons. The first-order chi connectivity index (χ1) is 21.9. The van der Waals surface area contributed by atoms with Gasteiger partial charge in [-0.2, -0.15) is 0 Å². The number of piperazine rings is 1. The van der Waals surface area contributed by atoms with E-state index in [1.165, 1.54) is 9.47 Å². The number of ketones is 1. The highest BCUT2D eigenvalue weighted by molar-refractivity contribution is 6.41. The molecule has 1 aliphatic rings. The summed E-state index contributed by atoms with van der Waals surface area (Å²) in [5.74, 6) is -2.10. The Hall–Kier alpha value is -5.70. The number of rotatable bonds is 9. The van der Waals surface area contributed by atoms with E-state index < -0.39 is 23.0 Å². The number of aromatic nitrogens is 3. The van der Waals surface area contributed by atoms with Gasteiger partial charge >= 0.3 is 0 Å². The number of hydrogen-bond acceptors (Lipinski definition) is 6. The smallest absolute Gasteiger partial charge is 0.294 e. The van der Waals surface area contributed by atoms with Crippen LogP contribution in [0.15, 0.2) is 127 Å². The van der Waals surface area contributed by atoms with Gasteiger partial charge in [-0.15, -0.1) is 0 Å². The Morgan fingerprint density at radius 1 is 0.800 bits per heavy atom. The Kier molecular flexibility index (Phi) is 8.68. The highest BCUT2D eigenvalue weighted by Crippen LogP contribution is 2.20. The molecule has 0 unspecified atom stereocenters. The number of carbonyl (C=O) groups is 2. The van der Waals surface area contributed by atoms with Crippen molar-refractivity contribution in [2.24, 2.45) is 0 Å².